The fourth-order valence-electron chi connectivity index (χ4n) is 1.11. The van der Waals surface area contributed by atoms with Gasteiger partial charge in [0.25, 0.3) is 0 Å². The molecule has 0 N–H and O–H groups in total. The van der Waals surface area contributed by atoms with E-state index in [-0.39, 0.29) is 6.61 Å². The molecule has 0 aliphatic carbocycles. The molecule has 0 spiro atoms. The first kappa shape index (κ1) is 13.7. The summed E-state index contributed by atoms with van der Waals surface area (Å²) in [5.74, 6) is -1.26. The summed E-state index contributed by atoms with van der Waals surface area (Å²) in [7, 11) is -3.38. The number of carbonyl (C=O) groups excluding carboxylic acids is 1. The van der Waals surface area contributed by atoms with Crippen molar-refractivity contribution in [1.82, 2.24) is 0 Å². The van der Waals surface area contributed by atoms with Crippen LogP contribution in [0.25, 0.3) is 0 Å². The second kappa shape index (κ2) is 5.82. The van der Waals surface area contributed by atoms with Gasteiger partial charge in [0, 0.05) is 0 Å². The third-order valence-corrected chi connectivity index (χ3v) is 4.35. The monoisotopic (exact) mass is 256 g/mol. The Balaban J connectivity index is 2.47. The molecule has 0 atom stereocenters. The van der Waals surface area contributed by atoms with Gasteiger partial charge in [0.15, 0.2) is 9.84 Å². The number of sulfone groups is 1. The van der Waals surface area contributed by atoms with Crippen LogP contribution >= 0.6 is 0 Å². The Morgan fingerprint density at radius 3 is 2.35 bits per heavy atom. The van der Waals surface area contributed by atoms with Crippen molar-refractivity contribution >= 4 is 15.8 Å². The second-order valence-electron chi connectivity index (χ2n) is 4.00. The van der Waals surface area contributed by atoms with Gasteiger partial charge in [-0.15, -0.1) is 0 Å². The molecule has 0 unspecified atom stereocenters. The van der Waals surface area contributed by atoms with Crippen molar-refractivity contribution in [2.45, 2.75) is 25.7 Å². The fourth-order valence-corrected chi connectivity index (χ4v) is 1.86. The van der Waals surface area contributed by atoms with Crippen LogP contribution in [0.15, 0.2) is 30.3 Å². The Kier molecular flexibility index (Phi) is 4.69. The molecule has 1 rings (SSSR count). The molecule has 1 aromatic carbocycles. The highest BCUT2D eigenvalue weighted by Crippen LogP contribution is 2.04. The van der Waals surface area contributed by atoms with Crippen molar-refractivity contribution in [3.63, 3.8) is 0 Å². The minimum atomic E-state index is -3.38. The summed E-state index contributed by atoms with van der Waals surface area (Å²) in [6.45, 7) is 3.19. The molecule has 0 saturated heterocycles. The smallest absolute Gasteiger partial charge is 0.321 e. The van der Waals surface area contributed by atoms with E-state index in [1.807, 2.05) is 30.3 Å². The lowest BCUT2D eigenvalue weighted by Crippen LogP contribution is -2.24. The first-order valence-electron chi connectivity index (χ1n) is 5.33. The molecule has 17 heavy (non-hydrogen) atoms. The van der Waals surface area contributed by atoms with Crippen molar-refractivity contribution in [3.8, 4) is 0 Å². The van der Waals surface area contributed by atoms with E-state index in [2.05, 4.69) is 0 Å². The summed E-state index contributed by atoms with van der Waals surface area (Å²) >= 11 is 0. The molecule has 0 bridgehead atoms. The molecular weight excluding hydrogens is 240 g/mol. The molecule has 0 amide bonds. The summed E-state index contributed by atoms with van der Waals surface area (Å²) < 4.78 is 27.8. The van der Waals surface area contributed by atoms with Crippen molar-refractivity contribution in [1.29, 1.82) is 0 Å². The minimum absolute atomic E-state index is 0.104. The third-order valence-electron chi connectivity index (χ3n) is 2.28. The molecule has 5 heteroatoms. The lowest BCUT2D eigenvalue weighted by atomic mass is 10.2. The molecule has 94 valence electrons. The molecule has 0 heterocycles. The average Bonchev–Trinajstić information content (AvgIpc) is 2.27. The Morgan fingerprint density at radius 1 is 1.24 bits per heavy atom. The minimum Gasteiger partial charge on any atom is -0.460 e. The Morgan fingerprint density at radius 2 is 1.82 bits per heavy atom. The van der Waals surface area contributed by atoms with Gasteiger partial charge in [-0.3, -0.25) is 4.79 Å². The van der Waals surface area contributed by atoms with E-state index < -0.39 is 26.8 Å². The summed E-state index contributed by atoms with van der Waals surface area (Å²) in [6, 6.07) is 9.13. The molecule has 4 nitrogen and oxygen atoms in total. The molecule has 0 saturated carbocycles. The quantitative estimate of drug-likeness (QED) is 0.750. The second-order valence-corrected chi connectivity index (χ2v) is 6.56. The fraction of sp³-hybridized carbons (Fsp3) is 0.417. The van der Waals surface area contributed by atoms with Crippen molar-refractivity contribution < 1.29 is 17.9 Å². The molecule has 0 radical (unpaired) electrons. The number of hydrogen-bond donors (Lipinski definition) is 0. The van der Waals surface area contributed by atoms with Crippen LogP contribution < -0.4 is 0 Å². The third kappa shape index (κ3) is 4.56. The topological polar surface area (TPSA) is 60.4 Å². The zero-order valence-electron chi connectivity index (χ0n) is 9.92. The van der Waals surface area contributed by atoms with Gasteiger partial charge in [0.2, 0.25) is 0 Å². The highest BCUT2D eigenvalue weighted by Gasteiger charge is 2.21. The summed E-state index contributed by atoms with van der Waals surface area (Å²) in [6.07, 6.45) is 0. The van der Waals surface area contributed by atoms with Gasteiger partial charge in [-0.1, -0.05) is 30.3 Å². The first-order valence-corrected chi connectivity index (χ1v) is 7.04. The highest BCUT2D eigenvalue weighted by atomic mass is 32.2. The highest BCUT2D eigenvalue weighted by molar-refractivity contribution is 7.92. The number of carbonyl (C=O) groups is 1. The maximum atomic E-state index is 11.5. The Labute approximate surface area is 102 Å². The van der Waals surface area contributed by atoms with E-state index in [0.29, 0.717) is 0 Å². The Hall–Kier alpha value is -1.36. The van der Waals surface area contributed by atoms with Crippen molar-refractivity contribution in [2.24, 2.45) is 0 Å². The van der Waals surface area contributed by atoms with Crippen LogP contribution in [0.3, 0.4) is 0 Å². The Bertz CT molecular complexity index is 463. The lowest BCUT2D eigenvalue weighted by Gasteiger charge is -2.08. The predicted molar refractivity (Wildman–Crippen MR) is 65.2 cm³/mol. The normalized spacial score (nSPS) is 11.5. The lowest BCUT2D eigenvalue weighted by molar-refractivity contribution is -0.141. The van der Waals surface area contributed by atoms with Gasteiger partial charge in [-0.2, -0.15) is 0 Å². The number of hydrogen-bond acceptors (Lipinski definition) is 4. The van der Waals surface area contributed by atoms with Gasteiger partial charge >= 0.3 is 5.97 Å². The van der Waals surface area contributed by atoms with E-state index in [4.69, 9.17) is 4.74 Å². The van der Waals surface area contributed by atoms with E-state index in [9.17, 15) is 13.2 Å². The average molecular weight is 256 g/mol. The largest absolute Gasteiger partial charge is 0.460 e. The number of ether oxygens (including phenoxy) is 1. The van der Waals surface area contributed by atoms with Crippen molar-refractivity contribution in [3.05, 3.63) is 35.9 Å². The number of benzene rings is 1. The SMILES string of the molecule is CC(C)S(=O)(=O)CC(=O)OCc1ccccc1. The zero-order chi connectivity index (χ0) is 12.9. The van der Waals surface area contributed by atoms with E-state index >= 15 is 0 Å². The van der Waals surface area contributed by atoms with Crippen LogP contribution in [0.4, 0.5) is 0 Å². The number of esters is 1. The van der Waals surface area contributed by atoms with E-state index in [0.717, 1.165) is 5.56 Å². The van der Waals surface area contributed by atoms with Crippen LogP contribution in [0.1, 0.15) is 19.4 Å². The summed E-state index contributed by atoms with van der Waals surface area (Å²) in [4.78, 5) is 11.3. The molecule has 1 aromatic rings. The van der Waals surface area contributed by atoms with Crippen LogP contribution in [0.5, 0.6) is 0 Å². The maximum absolute atomic E-state index is 11.5. The maximum Gasteiger partial charge on any atom is 0.321 e. The van der Waals surface area contributed by atoms with Crippen LogP contribution in [0.2, 0.25) is 0 Å². The van der Waals surface area contributed by atoms with Gasteiger partial charge < -0.3 is 4.74 Å². The molecular formula is C12H16O4S. The first-order chi connectivity index (χ1) is 7.92. The zero-order valence-corrected chi connectivity index (χ0v) is 10.7. The molecule has 0 fully saturated rings. The van der Waals surface area contributed by atoms with Gasteiger partial charge in [0.05, 0.1) is 5.25 Å². The summed E-state index contributed by atoms with van der Waals surface area (Å²) in [5.41, 5.74) is 0.836. The predicted octanol–water partition coefficient (Wildman–Crippen LogP) is 1.55. The molecule has 0 aliphatic heterocycles. The van der Waals surface area contributed by atoms with Crippen LogP contribution in [0, 0.1) is 0 Å². The van der Waals surface area contributed by atoms with Crippen LogP contribution in [-0.4, -0.2) is 25.4 Å². The van der Waals surface area contributed by atoms with Gasteiger partial charge in [0.1, 0.15) is 12.4 Å². The van der Waals surface area contributed by atoms with Crippen LogP contribution in [-0.2, 0) is 26.0 Å². The van der Waals surface area contributed by atoms with E-state index in [1.54, 1.807) is 13.8 Å². The van der Waals surface area contributed by atoms with Gasteiger partial charge in [-0.25, -0.2) is 8.42 Å². The standard InChI is InChI=1S/C12H16O4S/c1-10(2)17(14,15)9-12(13)16-8-11-6-4-3-5-7-11/h3-7,10H,8-9H2,1-2H3. The number of rotatable bonds is 5. The molecule has 0 aliphatic rings. The van der Waals surface area contributed by atoms with Crippen molar-refractivity contribution in [2.75, 3.05) is 5.75 Å². The van der Waals surface area contributed by atoms with E-state index in [1.165, 1.54) is 0 Å². The molecule has 0 aromatic heterocycles. The summed E-state index contributed by atoms with van der Waals surface area (Å²) in [5, 5.41) is -0.563. The van der Waals surface area contributed by atoms with Gasteiger partial charge in [-0.05, 0) is 19.4 Å².